The van der Waals surface area contributed by atoms with Gasteiger partial charge in [0.1, 0.15) is 18.1 Å². The van der Waals surface area contributed by atoms with Crippen molar-refractivity contribution in [1.29, 1.82) is 0 Å². The summed E-state index contributed by atoms with van der Waals surface area (Å²) in [5.74, 6) is -2.78. The van der Waals surface area contributed by atoms with E-state index in [4.69, 9.17) is 5.73 Å². The van der Waals surface area contributed by atoms with Gasteiger partial charge in [-0.1, -0.05) is 30.3 Å². The number of amides is 3. The van der Waals surface area contributed by atoms with E-state index in [-0.39, 0.29) is 18.6 Å². The second-order valence-electron chi connectivity index (χ2n) is 8.41. The molecular formula is C23H30N6O5S. The molecule has 3 rings (SSSR count). The van der Waals surface area contributed by atoms with E-state index in [2.05, 4.69) is 33.2 Å². The maximum absolute atomic E-state index is 13.2. The highest BCUT2D eigenvalue weighted by atomic mass is 32.1. The molecule has 0 saturated carbocycles. The van der Waals surface area contributed by atoms with Gasteiger partial charge in [-0.2, -0.15) is 12.6 Å². The molecule has 1 saturated heterocycles. The molecule has 1 aromatic carbocycles. The van der Waals surface area contributed by atoms with Crippen LogP contribution in [0.3, 0.4) is 0 Å². The quantitative estimate of drug-likeness (QED) is 0.225. The number of hydrogen-bond donors (Lipinski definition) is 6. The van der Waals surface area contributed by atoms with Crippen molar-refractivity contribution in [3.05, 3.63) is 54.1 Å². The van der Waals surface area contributed by atoms with Crippen LogP contribution in [0.4, 0.5) is 0 Å². The Bertz CT molecular complexity index is 1020. The minimum Gasteiger partial charge on any atom is -0.480 e. The number of imidazole rings is 1. The number of carbonyl (C=O) groups excluding carboxylic acids is 3. The third-order valence-electron chi connectivity index (χ3n) is 5.87. The van der Waals surface area contributed by atoms with Gasteiger partial charge in [0.25, 0.3) is 0 Å². The van der Waals surface area contributed by atoms with Gasteiger partial charge in [-0.25, -0.2) is 9.78 Å². The predicted molar refractivity (Wildman–Crippen MR) is 130 cm³/mol. The van der Waals surface area contributed by atoms with E-state index in [1.165, 1.54) is 17.4 Å². The van der Waals surface area contributed by atoms with Crippen LogP contribution in [-0.4, -0.2) is 80.1 Å². The molecule has 0 aliphatic carbocycles. The van der Waals surface area contributed by atoms with Crippen LogP contribution in [0.2, 0.25) is 0 Å². The lowest BCUT2D eigenvalue weighted by atomic mass is 10.0. The smallest absolute Gasteiger partial charge is 0.326 e. The van der Waals surface area contributed by atoms with Gasteiger partial charge in [-0.15, -0.1) is 0 Å². The van der Waals surface area contributed by atoms with E-state index >= 15 is 0 Å². The number of carboxylic acids is 1. The number of nitrogens with two attached hydrogens (primary N) is 1. The first-order chi connectivity index (χ1) is 16.8. The summed E-state index contributed by atoms with van der Waals surface area (Å²) in [4.78, 5) is 58.5. The first-order valence-electron chi connectivity index (χ1n) is 11.3. The van der Waals surface area contributed by atoms with E-state index in [1.54, 1.807) is 0 Å². The van der Waals surface area contributed by atoms with Gasteiger partial charge in [-0.3, -0.25) is 14.4 Å². The Morgan fingerprint density at radius 1 is 1.14 bits per heavy atom. The van der Waals surface area contributed by atoms with Crippen LogP contribution >= 0.6 is 12.6 Å². The molecule has 0 spiro atoms. The summed E-state index contributed by atoms with van der Waals surface area (Å²) in [5, 5.41) is 14.7. The Hall–Kier alpha value is -3.38. The highest BCUT2D eigenvalue weighted by Gasteiger charge is 2.38. The summed E-state index contributed by atoms with van der Waals surface area (Å²) in [6, 6.07) is 5.34. The predicted octanol–water partition coefficient (Wildman–Crippen LogP) is -0.503. The fourth-order valence-corrected chi connectivity index (χ4v) is 4.26. The summed E-state index contributed by atoms with van der Waals surface area (Å²) in [5.41, 5.74) is 7.56. The van der Waals surface area contributed by atoms with Crippen molar-refractivity contribution in [3.63, 3.8) is 0 Å². The average molecular weight is 503 g/mol. The van der Waals surface area contributed by atoms with Gasteiger partial charge in [-0.05, 0) is 24.8 Å². The molecule has 0 bridgehead atoms. The number of aromatic nitrogens is 2. The molecule has 6 N–H and O–H groups in total. The number of H-pyrrole nitrogens is 1. The second kappa shape index (κ2) is 12.4. The fourth-order valence-electron chi connectivity index (χ4n) is 4.01. The Balaban J connectivity index is 1.69. The number of nitrogens with one attached hydrogen (secondary N) is 3. The highest BCUT2D eigenvalue weighted by molar-refractivity contribution is 7.80. The summed E-state index contributed by atoms with van der Waals surface area (Å²) >= 11 is 4.19. The number of carbonyl (C=O) groups is 4. The van der Waals surface area contributed by atoms with Crippen LogP contribution in [0.1, 0.15) is 24.1 Å². The highest BCUT2D eigenvalue weighted by Crippen LogP contribution is 2.19. The van der Waals surface area contributed by atoms with Gasteiger partial charge < -0.3 is 31.4 Å². The number of hydrogen-bond acceptors (Lipinski definition) is 7. The maximum atomic E-state index is 13.2. The van der Waals surface area contributed by atoms with E-state index in [0.29, 0.717) is 25.1 Å². The second-order valence-corrected chi connectivity index (χ2v) is 8.78. The molecule has 3 amide bonds. The van der Waals surface area contributed by atoms with Crippen molar-refractivity contribution in [3.8, 4) is 0 Å². The lowest BCUT2D eigenvalue weighted by molar-refractivity contribution is -0.149. The Labute approximate surface area is 208 Å². The normalized spacial score (nSPS) is 17.9. The molecule has 1 aliphatic heterocycles. The van der Waals surface area contributed by atoms with Crippen LogP contribution in [-0.2, 0) is 32.0 Å². The van der Waals surface area contributed by atoms with Gasteiger partial charge in [0.15, 0.2) is 0 Å². The van der Waals surface area contributed by atoms with Crippen molar-refractivity contribution in [2.24, 2.45) is 5.73 Å². The molecule has 4 atom stereocenters. The number of likely N-dealkylation sites (tertiary alicyclic amines) is 1. The lowest BCUT2D eigenvalue weighted by Gasteiger charge is -2.28. The minimum atomic E-state index is -1.09. The zero-order chi connectivity index (χ0) is 25.4. The molecule has 1 fully saturated rings. The van der Waals surface area contributed by atoms with Crippen molar-refractivity contribution in [1.82, 2.24) is 25.5 Å². The van der Waals surface area contributed by atoms with E-state index in [9.17, 15) is 24.3 Å². The standard InChI is InChI=1S/C23H30N6O5S/c24-16(9-14-5-2-1-3-6-14)20(30)27-17(10-15-11-25-13-26-15)21(31)28-18(12-35)22(32)29-8-4-7-19(29)23(33)34/h1-3,5-6,11,13,16-19,35H,4,7-10,12,24H2,(H,25,26)(H,27,30)(H,28,31)(H,33,34). The molecule has 188 valence electrons. The van der Waals surface area contributed by atoms with E-state index in [0.717, 1.165) is 5.56 Å². The van der Waals surface area contributed by atoms with Crippen LogP contribution in [0, 0.1) is 0 Å². The Morgan fingerprint density at radius 2 is 1.86 bits per heavy atom. The van der Waals surface area contributed by atoms with Crippen LogP contribution in [0.5, 0.6) is 0 Å². The van der Waals surface area contributed by atoms with Gasteiger partial charge in [0, 0.05) is 30.6 Å². The van der Waals surface area contributed by atoms with Crippen molar-refractivity contribution < 1.29 is 24.3 Å². The number of aromatic amines is 1. The molecule has 2 heterocycles. The lowest BCUT2D eigenvalue weighted by Crippen LogP contribution is -2.58. The topological polar surface area (TPSA) is 171 Å². The summed E-state index contributed by atoms with van der Waals surface area (Å²) < 4.78 is 0. The largest absolute Gasteiger partial charge is 0.480 e. The molecule has 35 heavy (non-hydrogen) atoms. The van der Waals surface area contributed by atoms with Gasteiger partial charge in [0.2, 0.25) is 17.7 Å². The number of carboxylic acid groups (broad SMARTS) is 1. The number of aliphatic carboxylic acids is 1. The molecule has 12 heteroatoms. The molecular weight excluding hydrogens is 472 g/mol. The van der Waals surface area contributed by atoms with Crippen molar-refractivity contribution in [2.75, 3.05) is 12.3 Å². The third kappa shape index (κ3) is 7.06. The van der Waals surface area contributed by atoms with Crippen molar-refractivity contribution in [2.45, 2.75) is 49.9 Å². The number of nitrogens with zero attached hydrogens (tertiary/aromatic N) is 2. The molecule has 1 aromatic heterocycles. The Kier molecular flexibility index (Phi) is 9.26. The summed E-state index contributed by atoms with van der Waals surface area (Å²) in [6.07, 6.45) is 4.27. The molecule has 4 unspecified atom stereocenters. The Morgan fingerprint density at radius 3 is 2.49 bits per heavy atom. The average Bonchev–Trinajstić information content (AvgIpc) is 3.54. The van der Waals surface area contributed by atoms with Gasteiger partial charge >= 0.3 is 5.97 Å². The first-order valence-corrected chi connectivity index (χ1v) is 11.9. The van der Waals surface area contributed by atoms with Crippen LogP contribution < -0.4 is 16.4 Å². The van der Waals surface area contributed by atoms with E-state index in [1.807, 2.05) is 30.3 Å². The molecule has 1 aliphatic rings. The minimum absolute atomic E-state index is 0.0361. The van der Waals surface area contributed by atoms with Crippen molar-refractivity contribution >= 4 is 36.3 Å². The van der Waals surface area contributed by atoms with Gasteiger partial charge in [0.05, 0.1) is 12.4 Å². The summed E-state index contributed by atoms with van der Waals surface area (Å²) in [6.45, 7) is 0.290. The fraction of sp³-hybridized carbons (Fsp3) is 0.435. The summed E-state index contributed by atoms with van der Waals surface area (Å²) in [7, 11) is 0. The zero-order valence-corrected chi connectivity index (χ0v) is 20.0. The SMILES string of the molecule is NC(Cc1ccccc1)C(=O)NC(Cc1cnc[nH]1)C(=O)NC(CS)C(=O)N1CCCC1C(=O)O. The third-order valence-corrected chi connectivity index (χ3v) is 6.23. The number of benzene rings is 1. The molecule has 0 radical (unpaired) electrons. The monoisotopic (exact) mass is 502 g/mol. The zero-order valence-electron chi connectivity index (χ0n) is 19.1. The molecule has 2 aromatic rings. The number of rotatable bonds is 11. The van der Waals surface area contributed by atoms with Crippen LogP contribution in [0.15, 0.2) is 42.9 Å². The van der Waals surface area contributed by atoms with E-state index < -0.39 is 47.9 Å². The molecule has 11 nitrogen and oxygen atoms in total. The first kappa shape index (κ1) is 26.2. The maximum Gasteiger partial charge on any atom is 0.326 e. The number of thiol groups is 1. The van der Waals surface area contributed by atoms with Crippen LogP contribution in [0.25, 0.3) is 0 Å².